The molecule has 0 saturated carbocycles. The summed E-state index contributed by atoms with van der Waals surface area (Å²) in [6, 6.07) is 14.6. The van der Waals surface area contributed by atoms with Crippen LogP contribution >= 0.6 is 0 Å². The second-order valence-corrected chi connectivity index (χ2v) is 5.50. The van der Waals surface area contributed by atoms with Gasteiger partial charge in [0.05, 0.1) is 6.61 Å². The number of nitrogens with one attached hydrogen (secondary N) is 1. The van der Waals surface area contributed by atoms with Gasteiger partial charge in [-0.05, 0) is 30.5 Å². The minimum absolute atomic E-state index is 0.186. The lowest BCUT2D eigenvalue weighted by Gasteiger charge is -2.11. The van der Waals surface area contributed by atoms with Gasteiger partial charge in [-0.25, -0.2) is 4.39 Å². The fourth-order valence-corrected chi connectivity index (χ4v) is 1.95. The van der Waals surface area contributed by atoms with Gasteiger partial charge in [0.2, 0.25) is 0 Å². The van der Waals surface area contributed by atoms with Crippen molar-refractivity contribution in [3.8, 4) is 5.75 Å². The maximum Gasteiger partial charge on any atom is 0.128 e. The maximum absolute atomic E-state index is 13.5. The zero-order valence-electron chi connectivity index (χ0n) is 12.6. The van der Waals surface area contributed by atoms with Crippen LogP contribution in [0.5, 0.6) is 5.75 Å². The molecule has 2 nitrogen and oxygen atoms in total. The van der Waals surface area contributed by atoms with Gasteiger partial charge in [-0.1, -0.05) is 38.1 Å². The topological polar surface area (TPSA) is 21.3 Å². The first-order valence-electron chi connectivity index (χ1n) is 7.35. The molecule has 0 radical (unpaired) electrons. The van der Waals surface area contributed by atoms with Crippen molar-refractivity contribution in [2.75, 3.05) is 11.9 Å². The zero-order chi connectivity index (χ0) is 15.1. The van der Waals surface area contributed by atoms with Gasteiger partial charge in [-0.15, -0.1) is 0 Å². The van der Waals surface area contributed by atoms with Crippen LogP contribution in [0.1, 0.15) is 25.8 Å². The van der Waals surface area contributed by atoms with E-state index < -0.39 is 0 Å². The highest BCUT2D eigenvalue weighted by molar-refractivity contribution is 5.48. The second-order valence-electron chi connectivity index (χ2n) is 5.50. The van der Waals surface area contributed by atoms with E-state index in [0.717, 1.165) is 17.9 Å². The Balaban J connectivity index is 1.90. The summed E-state index contributed by atoms with van der Waals surface area (Å²) in [6.07, 6.45) is 1.03. The molecule has 0 heterocycles. The van der Waals surface area contributed by atoms with Gasteiger partial charge in [0, 0.05) is 23.9 Å². The molecule has 0 unspecified atom stereocenters. The van der Waals surface area contributed by atoms with Crippen LogP contribution in [0.3, 0.4) is 0 Å². The summed E-state index contributed by atoms with van der Waals surface area (Å²) in [4.78, 5) is 0. The van der Waals surface area contributed by atoms with E-state index in [4.69, 9.17) is 4.74 Å². The Morgan fingerprint density at radius 1 is 1.10 bits per heavy atom. The van der Waals surface area contributed by atoms with Crippen molar-refractivity contribution in [2.45, 2.75) is 26.8 Å². The molecule has 0 atom stereocenters. The van der Waals surface area contributed by atoms with Crippen LogP contribution in [0, 0.1) is 11.7 Å². The third-order valence-corrected chi connectivity index (χ3v) is 3.24. The van der Waals surface area contributed by atoms with Crippen LogP contribution in [0.2, 0.25) is 0 Å². The predicted molar refractivity (Wildman–Crippen MR) is 85.1 cm³/mol. The number of anilines is 1. The Bertz CT molecular complexity index is 569. The maximum atomic E-state index is 13.5. The normalized spacial score (nSPS) is 10.7. The Morgan fingerprint density at radius 3 is 2.67 bits per heavy atom. The highest BCUT2D eigenvalue weighted by Crippen LogP contribution is 2.19. The van der Waals surface area contributed by atoms with E-state index in [0.29, 0.717) is 24.6 Å². The molecule has 2 aromatic rings. The van der Waals surface area contributed by atoms with Crippen LogP contribution in [-0.4, -0.2) is 6.61 Å². The number of benzene rings is 2. The summed E-state index contributed by atoms with van der Waals surface area (Å²) in [5, 5.41) is 3.22. The highest BCUT2D eigenvalue weighted by Gasteiger charge is 2.02. The Labute approximate surface area is 126 Å². The molecule has 0 aromatic heterocycles. The van der Waals surface area contributed by atoms with Crippen molar-refractivity contribution in [1.29, 1.82) is 0 Å². The molecule has 21 heavy (non-hydrogen) atoms. The zero-order valence-corrected chi connectivity index (χ0v) is 12.6. The number of halogens is 1. The Kier molecular flexibility index (Phi) is 5.61. The van der Waals surface area contributed by atoms with E-state index in [2.05, 4.69) is 19.2 Å². The molecule has 3 heteroatoms. The van der Waals surface area contributed by atoms with Gasteiger partial charge in [-0.2, -0.15) is 0 Å². The van der Waals surface area contributed by atoms with E-state index in [1.165, 1.54) is 6.07 Å². The monoisotopic (exact) mass is 287 g/mol. The lowest BCUT2D eigenvalue weighted by Crippen LogP contribution is -2.03. The molecule has 0 saturated heterocycles. The molecule has 2 rings (SSSR count). The van der Waals surface area contributed by atoms with E-state index in [9.17, 15) is 4.39 Å². The van der Waals surface area contributed by atoms with Crippen molar-refractivity contribution in [3.05, 3.63) is 59.9 Å². The smallest absolute Gasteiger partial charge is 0.128 e. The molecule has 2 aromatic carbocycles. The molecule has 0 aliphatic carbocycles. The van der Waals surface area contributed by atoms with Gasteiger partial charge in [0.1, 0.15) is 11.6 Å². The van der Waals surface area contributed by atoms with Crippen molar-refractivity contribution in [2.24, 2.45) is 5.92 Å². The molecule has 0 spiro atoms. The minimum atomic E-state index is -0.186. The molecule has 1 N–H and O–H groups in total. The first-order chi connectivity index (χ1) is 10.1. The van der Waals surface area contributed by atoms with Crippen molar-refractivity contribution in [1.82, 2.24) is 0 Å². The largest absolute Gasteiger partial charge is 0.494 e. The van der Waals surface area contributed by atoms with Gasteiger partial charge in [0.25, 0.3) is 0 Å². The quantitative estimate of drug-likeness (QED) is 0.785. The third kappa shape index (κ3) is 5.10. The molecule has 0 bridgehead atoms. The average Bonchev–Trinajstić information content (AvgIpc) is 2.46. The number of hydrogen-bond donors (Lipinski definition) is 1. The SMILES string of the molecule is CC(C)CCOc1cccc(NCc2ccccc2F)c1. The first-order valence-corrected chi connectivity index (χ1v) is 7.35. The summed E-state index contributed by atoms with van der Waals surface area (Å²) in [6.45, 7) is 5.53. The van der Waals surface area contributed by atoms with Crippen molar-refractivity contribution in [3.63, 3.8) is 0 Å². The van der Waals surface area contributed by atoms with E-state index in [-0.39, 0.29) is 5.82 Å². The molecular formula is C18H22FNO. The van der Waals surface area contributed by atoms with Gasteiger partial charge < -0.3 is 10.1 Å². The third-order valence-electron chi connectivity index (χ3n) is 3.24. The average molecular weight is 287 g/mol. The van der Waals surface area contributed by atoms with E-state index >= 15 is 0 Å². The number of hydrogen-bond acceptors (Lipinski definition) is 2. The summed E-state index contributed by atoms with van der Waals surface area (Å²) in [5.41, 5.74) is 1.59. The Hall–Kier alpha value is -2.03. The molecular weight excluding hydrogens is 265 g/mol. The molecule has 0 aliphatic rings. The number of ether oxygens (including phenoxy) is 1. The fourth-order valence-electron chi connectivity index (χ4n) is 1.95. The molecule has 0 aliphatic heterocycles. The summed E-state index contributed by atoms with van der Waals surface area (Å²) < 4.78 is 19.3. The summed E-state index contributed by atoms with van der Waals surface area (Å²) >= 11 is 0. The lowest BCUT2D eigenvalue weighted by molar-refractivity contribution is 0.289. The lowest BCUT2D eigenvalue weighted by atomic mass is 10.1. The summed E-state index contributed by atoms with van der Waals surface area (Å²) in [5.74, 6) is 1.29. The van der Waals surface area contributed by atoms with Crippen LogP contribution in [0.25, 0.3) is 0 Å². The minimum Gasteiger partial charge on any atom is -0.494 e. The molecule has 112 valence electrons. The van der Waals surface area contributed by atoms with Crippen molar-refractivity contribution < 1.29 is 9.13 Å². The van der Waals surface area contributed by atoms with Crippen LogP contribution in [0.15, 0.2) is 48.5 Å². The first kappa shape index (κ1) is 15.4. The van der Waals surface area contributed by atoms with E-state index in [1.54, 1.807) is 12.1 Å². The predicted octanol–water partition coefficient (Wildman–Crippen LogP) is 4.86. The van der Waals surface area contributed by atoms with Gasteiger partial charge >= 0.3 is 0 Å². The molecule has 0 fully saturated rings. The highest BCUT2D eigenvalue weighted by atomic mass is 19.1. The standard InChI is InChI=1S/C18H22FNO/c1-14(2)10-11-21-17-8-5-7-16(12-17)20-13-15-6-3-4-9-18(15)19/h3-9,12,14,20H,10-11,13H2,1-2H3. The second kappa shape index (κ2) is 7.67. The van der Waals surface area contributed by atoms with Crippen molar-refractivity contribution >= 4 is 5.69 Å². The fraction of sp³-hybridized carbons (Fsp3) is 0.333. The van der Waals surface area contributed by atoms with Gasteiger partial charge in [0.15, 0.2) is 0 Å². The molecule has 0 amide bonds. The Morgan fingerprint density at radius 2 is 1.90 bits per heavy atom. The van der Waals surface area contributed by atoms with Crippen LogP contribution in [0.4, 0.5) is 10.1 Å². The number of rotatable bonds is 7. The van der Waals surface area contributed by atoms with Crippen LogP contribution < -0.4 is 10.1 Å². The van der Waals surface area contributed by atoms with Gasteiger partial charge in [-0.3, -0.25) is 0 Å². The summed E-state index contributed by atoms with van der Waals surface area (Å²) in [7, 11) is 0. The van der Waals surface area contributed by atoms with E-state index in [1.807, 2.05) is 30.3 Å². The van der Waals surface area contributed by atoms with Crippen LogP contribution in [-0.2, 0) is 6.54 Å².